The predicted octanol–water partition coefficient (Wildman–Crippen LogP) is 2.78. The summed E-state index contributed by atoms with van der Waals surface area (Å²) < 4.78 is 31.6. The molecule has 2 aromatic rings. The summed E-state index contributed by atoms with van der Waals surface area (Å²) >= 11 is 5.96. The van der Waals surface area contributed by atoms with Crippen molar-refractivity contribution >= 4 is 29.1 Å². The molecule has 1 heterocycles. The molecule has 0 saturated carbocycles. The lowest BCUT2D eigenvalue weighted by Crippen LogP contribution is -2.50. The van der Waals surface area contributed by atoms with Crippen LogP contribution in [0.4, 0.5) is 14.5 Å². The number of hydrogen-bond donors (Lipinski definition) is 1. The van der Waals surface area contributed by atoms with E-state index < -0.39 is 23.6 Å². The third-order valence-electron chi connectivity index (χ3n) is 3.92. The zero-order valence-corrected chi connectivity index (χ0v) is 14.3. The summed E-state index contributed by atoms with van der Waals surface area (Å²) in [7, 11) is 0. The highest BCUT2D eigenvalue weighted by Crippen LogP contribution is 2.22. The summed E-state index contributed by atoms with van der Waals surface area (Å²) in [5.41, 5.74) is 0.644. The van der Waals surface area contributed by atoms with E-state index in [9.17, 15) is 18.4 Å². The van der Waals surface area contributed by atoms with E-state index in [0.717, 1.165) is 12.1 Å². The minimum absolute atomic E-state index is 0.00230. The lowest BCUT2D eigenvalue weighted by molar-refractivity contribution is -0.129. The molecular formula is C18H15ClF2N2O3. The number of carbonyl (C=O) groups excluding carboxylic acids is 2. The number of rotatable bonds is 4. The first-order valence-corrected chi connectivity index (χ1v) is 8.22. The van der Waals surface area contributed by atoms with Crippen LogP contribution in [-0.4, -0.2) is 37.6 Å². The first-order chi connectivity index (χ1) is 12.4. The number of nitrogens with one attached hydrogen (secondary N) is 1. The van der Waals surface area contributed by atoms with E-state index in [-0.39, 0.29) is 31.2 Å². The molecule has 1 N–H and O–H groups in total. The number of anilines is 1. The molecule has 1 fully saturated rings. The molecule has 26 heavy (non-hydrogen) atoms. The molecule has 0 bridgehead atoms. The zero-order chi connectivity index (χ0) is 18.7. The maximum atomic E-state index is 13.2. The van der Waals surface area contributed by atoms with Crippen LogP contribution in [0.5, 0.6) is 0 Å². The van der Waals surface area contributed by atoms with Gasteiger partial charge in [0.25, 0.3) is 11.8 Å². The van der Waals surface area contributed by atoms with Crippen LogP contribution in [-0.2, 0) is 9.53 Å². The second kappa shape index (κ2) is 7.80. The minimum Gasteiger partial charge on any atom is -0.365 e. The largest absolute Gasteiger partial charge is 0.365 e. The van der Waals surface area contributed by atoms with E-state index in [4.69, 9.17) is 16.3 Å². The molecule has 1 unspecified atom stereocenters. The van der Waals surface area contributed by atoms with Gasteiger partial charge in [-0.05, 0) is 36.4 Å². The average molecular weight is 381 g/mol. The van der Waals surface area contributed by atoms with Gasteiger partial charge >= 0.3 is 0 Å². The van der Waals surface area contributed by atoms with Gasteiger partial charge in [0, 0.05) is 22.8 Å². The van der Waals surface area contributed by atoms with Gasteiger partial charge in [-0.3, -0.25) is 9.59 Å². The number of hydrogen-bond acceptors (Lipinski definition) is 3. The number of carbonyl (C=O) groups is 2. The van der Waals surface area contributed by atoms with Crippen molar-refractivity contribution in [3.8, 4) is 0 Å². The quantitative estimate of drug-likeness (QED) is 0.887. The van der Waals surface area contributed by atoms with E-state index >= 15 is 0 Å². The third kappa shape index (κ3) is 4.17. The Morgan fingerprint density at radius 1 is 1.23 bits per heavy atom. The summed E-state index contributed by atoms with van der Waals surface area (Å²) in [4.78, 5) is 25.7. The topological polar surface area (TPSA) is 58.6 Å². The molecule has 0 aliphatic carbocycles. The lowest BCUT2D eigenvalue weighted by atomic mass is 10.2. The van der Waals surface area contributed by atoms with Crippen LogP contribution in [0.15, 0.2) is 42.5 Å². The van der Waals surface area contributed by atoms with Crippen molar-refractivity contribution in [2.45, 2.75) is 6.10 Å². The monoisotopic (exact) mass is 380 g/mol. The van der Waals surface area contributed by atoms with Crippen LogP contribution < -0.4 is 10.2 Å². The molecule has 136 valence electrons. The number of benzene rings is 2. The molecule has 1 aliphatic rings. The Morgan fingerprint density at radius 2 is 2.04 bits per heavy atom. The van der Waals surface area contributed by atoms with Gasteiger partial charge in [-0.25, -0.2) is 8.78 Å². The van der Waals surface area contributed by atoms with Crippen molar-refractivity contribution in [2.24, 2.45) is 0 Å². The van der Waals surface area contributed by atoms with Gasteiger partial charge in [-0.1, -0.05) is 17.7 Å². The third-order valence-corrected chi connectivity index (χ3v) is 4.16. The Bertz CT molecular complexity index is 847. The van der Waals surface area contributed by atoms with Crippen LogP contribution in [0, 0.1) is 11.6 Å². The summed E-state index contributed by atoms with van der Waals surface area (Å²) in [6.07, 6.45) is -0.444. The minimum atomic E-state index is -1.09. The molecule has 0 aromatic heterocycles. The number of amides is 2. The first-order valence-electron chi connectivity index (χ1n) is 7.85. The van der Waals surface area contributed by atoms with Crippen molar-refractivity contribution in [3.05, 3.63) is 64.7 Å². The van der Waals surface area contributed by atoms with Crippen LogP contribution >= 0.6 is 11.6 Å². The van der Waals surface area contributed by atoms with Crippen LogP contribution in [0.25, 0.3) is 0 Å². The number of morpholine rings is 1. The molecule has 2 aromatic carbocycles. The Hall–Kier alpha value is -2.51. The van der Waals surface area contributed by atoms with E-state index in [1.807, 2.05) is 0 Å². The molecule has 8 heteroatoms. The lowest BCUT2D eigenvalue weighted by Gasteiger charge is -2.33. The maximum absolute atomic E-state index is 13.2. The van der Waals surface area contributed by atoms with Gasteiger partial charge < -0.3 is 15.0 Å². The van der Waals surface area contributed by atoms with Crippen LogP contribution in [0.2, 0.25) is 5.02 Å². The first kappa shape index (κ1) is 18.3. The van der Waals surface area contributed by atoms with Gasteiger partial charge in [0.2, 0.25) is 0 Å². The SMILES string of the molecule is O=C(NCC1CN(c2cccc(Cl)c2)C(=O)CO1)c1ccc(F)c(F)c1. The summed E-state index contributed by atoms with van der Waals surface area (Å²) in [6.45, 7) is 0.220. The zero-order valence-electron chi connectivity index (χ0n) is 13.5. The molecule has 5 nitrogen and oxygen atoms in total. The number of halogens is 3. The molecule has 0 radical (unpaired) electrons. The highest BCUT2D eigenvalue weighted by molar-refractivity contribution is 6.30. The van der Waals surface area contributed by atoms with Crippen molar-refractivity contribution in [1.82, 2.24) is 5.32 Å². The fourth-order valence-electron chi connectivity index (χ4n) is 2.59. The summed E-state index contributed by atoms with van der Waals surface area (Å²) in [5, 5.41) is 3.10. The maximum Gasteiger partial charge on any atom is 0.253 e. The fourth-order valence-corrected chi connectivity index (χ4v) is 2.77. The molecule has 3 rings (SSSR count). The molecule has 2 amide bonds. The molecule has 1 aliphatic heterocycles. The second-order valence-electron chi connectivity index (χ2n) is 5.76. The van der Waals surface area contributed by atoms with Crippen molar-refractivity contribution < 1.29 is 23.1 Å². The Morgan fingerprint density at radius 3 is 2.77 bits per heavy atom. The fraction of sp³-hybridized carbons (Fsp3) is 0.222. The smallest absolute Gasteiger partial charge is 0.253 e. The van der Waals surface area contributed by atoms with E-state index in [2.05, 4.69) is 5.32 Å². The predicted molar refractivity (Wildman–Crippen MR) is 92.2 cm³/mol. The van der Waals surface area contributed by atoms with Crippen LogP contribution in [0.1, 0.15) is 10.4 Å². The van der Waals surface area contributed by atoms with Gasteiger partial charge in [0.05, 0.1) is 12.6 Å². The van der Waals surface area contributed by atoms with E-state index in [1.165, 1.54) is 11.0 Å². The normalized spacial score (nSPS) is 17.3. The molecular weight excluding hydrogens is 366 g/mol. The van der Waals surface area contributed by atoms with E-state index in [1.54, 1.807) is 24.3 Å². The van der Waals surface area contributed by atoms with Gasteiger partial charge in [0.15, 0.2) is 11.6 Å². The van der Waals surface area contributed by atoms with E-state index in [0.29, 0.717) is 10.7 Å². The molecule has 1 atom stereocenters. The highest BCUT2D eigenvalue weighted by atomic mass is 35.5. The van der Waals surface area contributed by atoms with Crippen molar-refractivity contribution in [3.63, 3.8) is 0 Å². The number of ether oxygens (including phenoxy) is 1. The Labute approximate surface area is 153 Å². The van der Waals surface area contributed by atoms with Crippen molar-refractivity contribution in [2.75, 3.05) is 24.6 Å². The molecule has 1 saturated heterocycles. The number of nitrogens with zero attached hydrogens (tertiary/aromatic N) is 1. The Kier molecular flexibility index (Phi) is 5.49. The van der Waals surface area contributed by atoms with Crippen LogP contribution in [0.3, 0.4) is 0 Å². The summed E-state index contributed by atoms with van der Waals surface area (Å²) in [5.74, 6) is -2.88. The standard InChI is InChI=1S/C18H15ClF2N2O3/c19-12-2-1-3-13(7-12)23-9-14(26-10-17(23)24)8-22-18(25)11-4-5-15(20)16(21)6-11/h1-7,14H,8-10H2,(H,22,25). The average Bonchev–Trinajstić information content (AvgIpc) is 2.63. The van der Waals surface area contributed by atoms with Crippen molar-refractivity contribution in [1.29, 1.82) is 0 Å². The highest BCUT2D eigenvalue weighted by Gasteiger charge is 2.28. The van der Waals surface area contributed by atoms with Gasteiger partial charge in [-0.2, -0.15) is 0 Å². The molecule has 0 spiro atoms. The van der Waals surface area contributed by atoms with Gasteiger partial charge in [0.1, 0.15) is 6.61 Å². The van der Waals surface area contributed by atoms with Gasteiger partial charge in [-0.15, -0.1) is 0 Å². The summed E-state index contributed by atoms with van der Waals surface area (Å²) in [6, 6.07) is 9.77. The second-order valence-corrected chi connectivity index (χ2v) is 6.19. The Balaban J connectivity index is 1.62.